The third kappa shape index (κ3) is 3.16. The normalized spacial score (nSPS) is 23.0. The molecule has 0 aromatic carbocycles. The lowest BCUT2D eigenvalue weighted by atomic mass is 10.0. The van der Waals surface area contributed by atoms with E-state index in [0.29, 0.717) is 18.3 Å². The van der Waals surface area contributed by atoms with Crippen molar-refractivity contribution in [3.05, 3.63) is 17.0 Å². The summed E-state index contributed by atoms with van der Waals surface area (Å²) in [5, 5.41) is 3.83. The fourth-order valence-electron chi connectivity index (χ4n) is 2.23. The van der Waals surface area contributed by atoms with Crippen molar-refractivity contribution in [2.45, 2.75) is 31.8 Å². The number of anilines is 1. The van der Waals surface area contributed by atoms with E-state index >= 15 is 0 Å². The van der Waals surface area contributed by atoms with Gasteiger partial charge in [-0.3, -0.25) is 0 Å². The molecule has 1 saturated heterocycles. The Morgan fingerprint density at radius 3 is 2.89 bits per heavy atom. The third-order valence-electron chi connectivity index (χ3n) is 3.49. The molecule has 1 aromatic rings. The number of hydrogen-bond donors (Lipinski definition) is 1. The molecule has 2 heterocycles. The number of rotatable bonds is 5. The van der Waals surface area contributed by atoms with E-state index in [1.807, 2.05) is 0 Å². The van der Waals surface area contributed by atoms with Crippen LogP contribution in [0.25, 0.3) is 0 Å². The first kappa shape index (κ1) is 14.5. The fraction of sp³-hybridized carbons (Fsp3) is 0.692. The molecule has 5 nitrogen and oxygen atoms in total. The maximum atomic E-state index is 6.14. The predicted molar refractivity (Wildman–Crippen MR) is 74.8 cm³/mol. The molecule has 0 bridgehead atoms. The van der Waals surface area contributed by atoms with Crippen LogP contribution in [-0.4, -0.2) is 42.4 Å². The van der Waals surface area contributed by atoms with Gasteiger partial charge in [-0.15, -0.1) is 0 Å². The maximum Gasteiger partial charge on any atom is 0.138 e. The van der Waals surface area contributed by atoms with E-state index < -0.39 is 0 Å². The summed E-state index contributed by atoms with van der Waals surface area (Å²) in [6.45, 7) is 6.13. The molecule has 0 saturated carbocycles. The third-order valence-corrected chi connectivity index (χ3v) is 3.79. The lowest BCUT2D eigenvalue weighted by Gasteiger charge is -2.27. The molecule has 1 atom stereocenters. The Kier molecular flexibility index (Phi) is 4.60. The summed E-state index contributed by atoms with van der Waals surface area (Å²) in [6.07, 6.45) is 2.35. The summed E-state index contributed by atoms with van der Waals surface area (Å²) in [5.41, 5.74) is 0.667. The van der Waals surface area contributed by atoms with E-state index in [2.05, 4.69) is 29.1 Å². The lowest BCUT2D eigenvalue weighted by molar-refractivity contribution is -0.00626. The Hall–Kier alpha value is -0.910. The van der Waals surface area contributed by atoms with Gasteiger partial charge < -0.3 is 14.8 Å². The quantitative estimate of drug-likeness (QED) is 0.842. The molecule has 1 aromatic heterocycles. The molecule has 1 aliphatic rings. The van der Waals surface area contributed by atoms with Crippen LogP contribution in [-0.2, 0) is 9.47 Å². The van der Waals surface area contributed by atoms with Crippen LogP contribution in [0.2, 0.25) is 5.15 Å². The molecule has 106 valence electrons. The summed E-state index contributed by atoms with van der Waals surface area (Å²) >= 11 is 6.14. The van der Waals surface area contributed by atoms with Gasteiger partial charge in [-0.25, -0.2) is 9.97 Å². The molecule has 2 rings (SSSR count). The van der Waals surface area contributed by atoms with E-state index in [1.165, 1.54) is 6.33 Å². The van der Waals surface area contributed by atoms with E-state index in [4.69, 9.17) is 21.1 Å². The minimum absolute atomic E-state index is 0.259. The van der Waals surface area contributed by atoms with Crippen molar-refractivity contribution in [3.8, 4) is 0 Å². The number of ether oxygens (including phenoxy) is 2. The van der Waals surface area contributed by atoms with Crippen LogP contribution >= 0.6 is 11.6 Å². The number of halogens is 1. The lowest BCUT2D eigenvalue weighted by Crippen LogP contribution is -2.40. The van der Waals surface area contributed by atoms with Gasteiger partial charge in [0.25, 0.3) is 0 Å². The average molecular weight is 286 g/mol. The van der Waals surface area contributed by atoms with Gasteiger partial charge >= 0.3 is 0 Å². The fourth-order valence-corrected chi connectivity index (χ4v) is 2.58. The second kappa shape index (κ2) is 6.03. The minimum atomic E-state index is -0.272. The molecule has 0 aliphatic carbocycles. The highest BCUT2D eigenvalue weighted by Gasteiger charge is 2.35. The molecule has 1 aliphatic heterocycles. The molecule has 6 heteroatoms. The molecular formula is C13H20ClN3O2. The Morgan fingerprint density at radius 1 is 1.53 bits per heavy atom. The maximum absolute atomic E-state index is 6.14. The Balaban J connectivity index is 2.13. The number of aromatic nitrogens is 2. The summed E-state index contributed by atoms with van der Waals surface area (Å²) in [4.78, 5) is 8.32. The molecule has 0 amide bonds. The molecule has 19 heavy (non-hydrogen) atoms. The van der Waals surface area contributed by atoms with Crippen LogP contribution in [0.5, 0.6) is 0 Å². The van der Waals surface area contributed by atoms with Crippen LogP contribution in [0.15, 0.2) is 6.33 Å². The zero-order valence-electron chi connectivity index (χ0n) is 11.6. The Morgan fingerprint density at radius 2 is 2.32 bits per heavy atom. The van der Waals surface area contributed by atoms with Gasteiger partial charge in [0, 0.05) is 32.2 Å². The van der Waals surface area contributed by atoms with Crippen molar-refractivity contribution in [1.82, 2.24) is 9.97 Å². The Bertz CT molecular complexity index is 434. The monoisotopic (exact) mass is 285 g/mol. The number of nitrogens with one attached hydrogen (secondary N) is 1. The highest BCUT2D eigenvalue weighted by atomic mass is 35.5. The van der Waals surface area contributed by atoms with Gasteiger partial charge in [-0.1, -0.05) is 25.4 Å². The molecule has 0 spiro atoms. The van der Waals surface area contributed by atoms with Crippen molar-refractivity contribution in [1.29, 1.82) is 0 Å². The van der Waals surface area contributed by atoms with E-state index in [1.54, 1.807) is 7.11 Å². The number of hydrogen-bond acceptors (Lipinski definition) is 5. The van der Waals surface area contributed by atoms with Gasteiger partial charge in [0.15, 0.2) is 0 Å². The zero-order chi connectivity index (χ0) is 13.9. The molecular weight excluding hydrogens is 266 g/mol. The van der Waals surface area contributed by atoms with Gasteiger partial charge in [-0.2, -0.15) is 0 Å². The minimum Gasteiger partial charge on any atom is -0.378 e. The predicted octanol–water partition coefficient (Wildman–Crippen LogP) is 2.47. The largest absolute Gasteiger partial charge is 0.378 e. The van der Waals surface area contributed by atoms with Crippen molar-refractivity contribution < 1.29 is 9.47 Å². The van der Waals surface area contributed by atoms with E-state index in [9.17, 15) is 0 Å². The molecule has 0 radical (unpaired) electrons. The topological polar surface area (TPSA) is 56.3 Å². The van der Waals surface area contributed by atoms with Crippen LogP contribution < -0.4 is 5.32 Å². The van der Waals surface area contributed by atoms with E-state index in [-0.39, 0.29) is 11.5 Å². The van der Waals surface area contributed by atoms with Gasteiger partial charge in [0.2, 0.25) is 0 Å². The van der Waals surface area contributed by atoms with Gasteiger partial charge in [0.1, 0.15) is 22.9 Å². The van der Waals surface area contributed by atoms with Crippen molar-refractivity contribution in [2.75, 3.05) is 32.2 Å². The first-order valence-electron chi connectivity index (χ1n) is 6.45. The average Bonchev–Trinajstić information content (AvgIpc) is 2.85. The smallest absolute Gasteiger partial charge is 0.138 e. The van der Waals surface area contributed by atoms with E-state index in [0.717, 1.165) is 24.4 Å². The summed E-state index contributed by atoms with van der Waals surface area (Å²) < 4.78 is 11.0. The van der Waals surface area contributed by atoms with Crippen molar-refractivity contribution >= 4 is 17.4 Å². The first-order valence-corrected chi connectivity index (χ1v) is 6.83. The van der Waals surface area contributed by atoms with Crippen LogP contribution in [0.1, 0.15) is 31.7 Å². The number of methoxy groups -OCH3 is 1. The van der Waals surface area contributed by atoms with Crippen molar-refractivity contribution in [2.24, 2.45) is 0 Å². The Labute approximate surface area is 118 Å². The number of nitrogens with zero attached hydrogens (tertiary/aromatic N) is 2. The molecule has 1 fully saturated rings. The summed E-state index contributed by atoms with van der Waals surface area (Å²) in [7, 11) is 1.71. The van der Waals surface area contributed by atoms with Crippen LogP contribution in [0.4, 0.5) is 5.82 Å². The highest BCUT2D eigenvalue weighted by molar-refractivity contribution is 6.30. The first-order chi connectivity index (χ1) is 9.08. The second-order valence-electron chi connectivity index (χ2n) is 5.12. The SMILES string of the molecule is COC1(CNc2ncnc(Cl)c2C(C)C)CCOC1. The van der Waals surface area contributed by atoms with Gasteiger partial charge in [-0.05, 0) is 5.92 Å². The zero-order valence-corrected chi connectivity index (χ0v) is 12.3. The highest BCUT2D eigenvalue weighted by Crippen LogP contribution is 2.29. The van der Waals surface area contributed by atoms with Gasteiger partial charge in [0.05, 0.1) is 6.61 Å². The summed E-state index contributed by atoms with van der Waals surface area (Å²) in [5.74, 6) is 1.04. The summed E-state index contributed by atoms with van der Waals surface area (Å²) in [6, 6.07) is 0. The molecule has 1 unspecified atom stereocenters. The second-order valence-corrected chi connectivity index (χ2v) is 5.48. The van der Waals surface area contributed by atoms with Crippen LogP contribution in [0.3, 0.4) is 0 Å². The van der Waals surface area contributed by atoms with Crippen LogP contribution in [0, 0.1) is 0 Å². The molecule has 1 N–H and O–H groups in total. The van der Waals surface area contributed by atoms with Crippen molar-refractivity contribution in [3.63, 3.8) is 0 Å². The standard InChI is InChI=1S/C13H20ClN3O2/c1-9(2)10-11(14)16-8-17-12(10)15-6-13(18-3)4-5-19-7-13/h8-9H,4-7H2,1-3H3,(H,15,16,17).